The molecule has 0 spiro atoms. The monoisotopic (exact) mass is 415 g/mol. The molecule has 0 saturated heterocycles. The number of azo groups is 1. The molecule has 0 saturated carbocycles. The van der Waals surface area contributed by atoms with Crippen molar-refractivity contribution >= 4 is 34.1 Å². The zero-order valence-electron chi connectivity index (χ0n) is 16.4. The number of nitrogens with one attached hydrogen (secondary N) is 1. The molecule has 3 N–H and O–H groups in total. The lowest BCUT2D eigenvalue weighted by atomic mass is 10.2. The fourth-order valence-electron chi connectivity index (χ4n) is 3.30. The molecule has 8 heteroatoms. The highest BCUT2D eigenvalue weighted by atomic mass is 35.5. The lowest BCUT2D eigenvalue weighted by Gasteiger charge is -2.16. The van der Waals surface area contributed by atoms with Crippen LogP contribution < -0.4 is 4.90 Å². The van der Waals surface area contributed by atoms with Crippen LogP contribution in [0.2, 0.25) is 5.02 Å². The van der Waals surface area contributed by atoms with Gasteiger partial charge in [-0.2, -0.15) is 0 Å². The summed E-state index contributed by atoms with van der Waals surface area (Å²) in [5.74, 6) is -1.01. The van der Waals surface area contributed by atoms with Crippen LogP contribution in [0.5, 0.6) is 11.6 Å². The molecule has 3 aromatic rings. The van der Waals surface area contributed by atoms with Crippen LogP contribution in [0.25, 0.3) is 10.9 Å². The molecular formula is C21H24ClN4O3+. The molecule has 0 unspecified atom stereocenters. The van der Waals surface area contributed by atoms with Crippen molar-refractivity contribution < 1.29 is 19.9 Å². The van der Waals surface area contributed by atoms with Crippen molar-refractivity contribution in [2.45, 2.75) is 20.4 Å². The third kappa shape index (κ3) is 4.41. The Morgan fingerprint density at radius 1 is 1.14 bits per heavy atom. The second-order valence-electron chi connectivity index (χ2n) is 6.71. The van der Waals surface area contributed by atoms with E-state index in [-0.39, 0.29) is 22.9 Å². The number of carbonyl (C=O) groups is 1. The molecule has 0 radical (unpaired) electrons. The van der Waals surface area contributed by atoms with Crippen molar-refractivity contribution in [1.29, 1.82) is 0 Å². The van der Waals surface area contributed by atoms with Crippen LogP contribution in [0, 0.1) is 0 Å². The molecule has 29 heavy (non-hydrogen) atoms. The van der Waals surface area contributed by atoms with Gasteiger partial charge in [0, 0.05) is 10.4 Å². The number of likely N-dealkylation sites (N-methyl/N-ethyl adjacent to an activating group) is 1. The van der Waals surface area contributed by atoms with Crippen molar-refractivity contribution in [3.63, 3.8) is 0 Å². The molecule has 0 fully saturated rings. The van der Waals surface area contributed by atoms with E-state index in [4.69, 9.17) is 11.6 Å². The fraction of sp³-hybridized carbons (Fsp3) is 0.286. The first kappa shape index (κ1) is 20.8. The summed E-state index contributed by atoms with van der Waals surface area (Å²) in [5.41, 5.74) is 1.00. The first-order valence-electron chi connectivity index (χ1n) is 9.54. The predicted molar refractivity (Wildman–Crippen MR) is 112 cm³/mol. The van der Waals surface area contributed by atoms with Gasteiger partial charge in [0.25, 0.3) is 5.91 Å². The van der Waals surface area contributed by atoms with Crippen LogP contribution in [0.4, 0.5) is 5.69 Å². The number of aromatic nitrogens is 1. The number of quaternary nitrogens is 1. The number of fused-ring (bicyclic) bond motifs is 1. The van der Waals surface area contributed by atoms with Gasteiger partial charge < -0.3 is 19.7 Å². The van der Waals surface area contributed by atoms with Gasteiger partial charge in [-0.05, 0) is 38.1 Å². The maximum absolute atomic E-state index is 12.4. The SMILES string of the molecule is CC[NH+](CC)CCn1c(O)c(N=NC(=O)c2cc(Cl)ccc2O)c2ccccc21. The highest BCUT2D eigenvalue weighted by molar-refractivity contribution is 6.31. The molecule has 0 aliphatic rings. The zero-order valence-corrected chi connectivity index (χ0v) is 17.1. The minimum atomic E-state index is -0.742. The Labute approximate surface area is 173 Å². The minimum Gasteiger partial charge on any atom is -0.507 e. The molecule has 2 aromatic carbocycles. The van der Waals surface area contributed by atoms with E-state index in [1.807, 2.05) is 24.3 Å². The number of aromatic hydroxyl groups is 2. The van der Waals surface area contributed by atoms with Gasteiger partial charge in [-0.3, -0.25) is 4.79 Å². The molecule has 0 aliphatic carbocycles. The van der Waals surface area contributed by atoms with Gasteiger partial charge in [-0.1, -0.05) is 29.8 Å². The maximum atomic E-state index is 12.4. The first-order valence-corrected chi connectivity index (χ1v) is 9.92. The van der Waals surface area contributed by atoms with Crippen molar-refractivity contribution in [3.05, 3.63) is 53.1 Å². The Kier molecular flexibility index (Phi) is 6.51. The van der Waals surface area contributed by atoms with Crippen LogP contribution in [0.3, 0.4) is 0 Å². The maximum Gasteiger partial charge on any atom is 0.299 e. The number of para-hydroxylation sites is 1. The van der Waals surface area contributed by atoms with E-state index in [0.717, 1.165) is 25.2 Å². The van der Waals surface area contributed by atoms with Gasteiger partial charge in [-0.25, -0.2) is 0 Å². The van der Waals surface area contributed by atoms with Crippen molar-refractivity contribution in [2.24, 2.45) is 10.2 Å². The summed E-state index contributed by atoms with van der Waals surface area (Å²) in [4.78, 5) is 13.8. The Bertz CT molecular complexity index is 1060. The quantitative estimate of drug-likeness (QED) is 0.515. The third-order valence-corrected chi connectivity index (χ3v) is 5.27. The summed E-state index contributed by atoms with van der Waals surface area (Å²) in [7, 11) is 0. The molecule has 1 aromatic heterocycles. The Morgan fingerprint density at radius 2 is 1.86 bits per heavy atom. The lowest BCUT2D eigenvalue weighted by molar-refractivity contribution is -0.897. The van der Waals surface area contributed by atoms with Gasteiger partial charge in [0.2, 0.25) is 5.88 Å². The van der Waals surface area contributed by atoms with Crippen LogP contribution in [-0.2, 0) is 6.54 Å². The predicted octanol–water partition coefficient (Wildman–Crippen LogP) is 3.55. The first-order chi connectivity index (χ1) is 14.0. The van der Waals surface area contributed by atoms with Gasteiger partial charge in [0.15, 0.2) is 5.69 Å². The molecule has 0 aliphatic heterocycles. The summed E-state index contributed by atoms with van der Waals surface area (Å²) in [6.45, 7) is 7.72. The number of benzene rings is 2. The number of nitrogens with zero attached hydrogens (tertiary/aromatic N) is 3. The van der Waals surface area contributed by atoms with Crippen molar-refractivity contribution in [2.75, 3.05) is 19.6 Å². The van der Waals surface area contributed by atoms with E-state index in [0.29, 0.717) is 17.0 Å². The summed E-state index contributed by atoms with van der Waals surface area (Å²) in [5, 5.41) is 29.4. The van der Waals surface area contributed by atoms with E-state index in [9.17, 15) is 15.0 Å². The Balaban J connectivity index is 1.95. The summed E-state index contributed by atoms with van der Waals surface area (Å²) >= 11 is 5.89. The number of amides is 1. The number of halogens is 1. The Hall–Kier alpha value is -2.90. The third-order valence-electron chi connectivity index (χ3n) is 5.04. The van der Waals surface area contributed by atoms with Crippen LogP contribution in [-0.4, -0.2) is 40.3 Å². The second kappa shape index (κ2) is 9.07. The van der Waals surface area contributed by atoms with E-state index < -0.39 is 5.91 Å². The number of hydrogen-bond donors (Lipinski definition) is 3. The average Bonchev–Trinajstić information content (AvgIpc) is 3.00. The smallest absolute Gasteiger partial charge is 0.299 e. The summed E-state index contributed by atoms with van der Waals surface area (Å²) in [6, 6.07) is 11.6. The van der Waals surface area contributed by atoms with Crippen LogP contribution >= 0.6 is 11.6 Å². The molecular weight excluding hydrogens is 392 g/mol. The average molecular weight is 416 g/mol. The standard InChI is InChI=1S/C21H23ClN4O3/c1-3-25(4-2)11-12-26-17-8-6-5-7-15(17)19(21(26)29)23-24-20(28)16-13-14(22)9-10-18(16)27/h5-10,13,27,29H,3-4,11-12H2,1-2H3/p+1. The van der Waals surface area contributed by atoms with Gasteiger partial charge >= 0.3 is 0 Å². The van der Waals surface area contributed by atoms with E-state index in [1.54, 1.807) is 4.57 Å². The zero-order chi connectivity index (χ0) is 21.0. The normalized spacial score (nSPS) is 11.7. The van der Waals surface area contributed by atoms with Crippen molar-refractivity contribution in [3.8, 4) is 11.6 Å². The van der Waals surface area contributed by atoms with Crippen LogP contribution in [0.15, 0.2) is 52.7 Å². The summed E-state index contributed by atoms with van der Waals surface area (Å²) in [6.07, 6.45) is 0. The highest BCUT2D eigenvalue weighted by Gasteiger charge is 2.18. The van der Waals surface area contributed by atoms with Crippen LogP contribution in [0.1, 0.15) is 24.2 Å². The topological polar surface area (TPSA) is 91.6 Å². The van der Waals surface area contributed by atoms with Crippen molar-refractivity contribution in [1.82, 2.24) is 4.57 Å². The number of carbonyl (C=O) groups excluding carboxylic acids is 1. The number of phenols is 1. The highest BCUT2D eigenvalue weighted by Crippen LogP contribution is 2.38. The van der Waals surface area contributed by atoms with E-state index >= 15 is 0 Å². The molecule has 3 rings (SSSR count). The second-order valence-corrected chi connectivity index (χ2v) is 7.15. The van der Waals surface area contributed by atoms with E-state index in [2.05, 4.69) is 24.1 Å². The molecule has 1 amide bonds. The Morgan fingerprint density at radius 3 is 2.59 bits per heavy atom. The van der Waals surface area contributed by atoms with E-state index in [1.165, 1.54) is 23.1 Å². The molecule has 0 atom stereocenters. The largest absolute Gasteiger partial charge is 0.507 e. The number of rotatable bonds is 7. The van der Waals surface area contributed by atoms with Gasteiger partial charge in [0.05, 0.1) is 37.3 Å². The summed E-state index contributed by atoms with van der Waals surface area (Å²) < 4.78 is 1.79. The fourth-order valence-corrected chi connectivity index (χ4v) is 3.47. The molecule has 1 heterocycles. The molecule has 7 nitrogen and oxygen atoms in total. The molecule has 152 valence electrons. The minimum absolute atomic E-state index is 0.0374. The number of hydrogen-bond acceptors (Lipinski definition) is 4. The van der Waals surface area contributed by atoms with Gasteiger partial charge in [0.1, 0.15) is 5.75 Å². The van der Waals surface area contributed by atoms with Gasteiger partial charge in [-0.15, -0.1) is 10.2 Å². The number of phenolic OH excluding ortho intramolecular Hbond substituents is 1. The lowest BCUT2D eigenvalue weighted by Crippen LogP contribution is -3.11. The molecule has 0 bridgehead atoms.